The molecule has 2 heterocycles. The Balaban J connectivity index is 2.23. The van der Waals surface area contributed by atoms with Gasteiger partial charge in [0, 0.05) is 18.9 Å². The van der Waals surface area contributed by atoms with Crippen LogP contribution in [0.2, 0.25) is 0 Å². The molecule has 2 aromatic rings. The largest absolute Gasteiger partial charge is 0.502 e. The monoisotopic (exact) mass is 274 g/mol. The molecule has 2 N–H and O–H groups in total. The Morgan fingerprint density at radius 3 is 2.55 bits per heavy atom. The highest BCUT2D eigenvalue weighted by Gasteiger charge is 2.19. The minimum atomic E-state index is -0.503. The first kappa shape index (κ1) is 14.0. The SMILES string of the molecule is CC(C)(C)n1ncc(NCc2ccncc2)c(O)c1=O. The fourth-order valence-electron chi connectivity index (χ4n) is 1.75. The third-order valence-electron chi connectivity index (χ3n) is 2.82. The summed E-state index contributed by atoms with van der Waals surface area (Å²) in [6.07, 6.45) is 4.84. The Hall–Kier alpha value is -2.37. The van der Waals surface area contributed by atoms with Crippen LogP contribution in [0.1, 0.15) is 26.3 Å². The van der Waals surface area contributed by atoms with Gasteiger partial charge in [-0.3, -0.25) is 9.78 Å². The summed E-state index contributed by atoms with van der Waals surface area (Å²) in [6, 6.07) is 3.71. The number of hydrogen-bond donors (Lipinski definition) is 2. The molecule has 0 spiro atoms. The van der Waals surface area contributed by atoms with Crippen molar-refractivity contribution in [1.82, 2.24) is 14.8 Å². The molecule has 0 radical (unpaired) electrons. The molecule has 0 unspecified atom stereocenters. The molecule has 0 saturated heterocycles. The molecule has 20 heavy (non-hydrogen) atoms. The zero-order chi connectivity index (χ0) is 14.8. The van der Waals surface area contributed by atoms with Crippen LogP contribution in [0.3, 0.4) is 0 Å². The van der Waals surface area contributed by atoms with Crippen LogP contribution in [0.25, 0.3) is 0 Å². The Morgan fingerprint density at radius 2 is 1.95 bits per heavy atom. The van der Waals surface area contributed by atoms with Gasteiger partial charge in [-0.2, -0.15) is 5.10 Å². The predicted molar refractivity (Wildman–Crippen MR) is 76.7 cm³/mol. The zero-order valence-corrected chi connectivity index (χ0v) is 11.8. The number of aromatic hydroxyl groups is 1. The molecule has 0 saturated carbocycles. The fraction of sp³-hybridized carbons (Fsp3) is 0.357. The average molecular weight is 274 g/mol. The maximum atomic E-state index is 12.0. The van der Waals surface area contributed by atoms with Crippen LogP contribution >= 0.6 is 0 Å². The molecule has 106 valence electrons. The summed E-state index contributed by atoms with van der Waals surface area (Å²) in [4.78, 5) is 16.0. The van der Waals surface area contributed by atoms with E-state index in [-0.39, 0.29) is 5.75 Å². The lowest BCUT2D eigenvalue weighted by molar-refractivity contribution is 0.325. The fourth-order valence-corrected chi connectivity index (χ4v) is 1.75. The number of pyridine rings is 1. The van der Waals surface area contributed by atoms with Gasteiger partial charge >= 0.3 is 5.56 Å². The van der Waals surface area contributed by atoms with E-state index in [1.54, 1.807) is 12.4 Å². The summed E-state index contributed by atoms with van der Waals surface area (Å²) < 4.78 is 1.26. The highest BCUT2D eigenvalue weighted by Crippen LogP contribution is 2.19. The van der Waals surface area contributed by atoms with Crippen LogP contribution < -0.4 is 10.9 Å². The lowest BCUT2D eigenvalue weighted by Gasteiger charge is -2.21. The molecule has 6 nitrogen and oxygen atoms in total. The van der Waals surface area contributed by atoms with E-state index >= 15 is 0 Å². The second-order valence-corrected chi connectivity index (χ2v) is 5.50. The first-order chi connectivity index (χ1) is 9.39. The Morgan fingerprint density at radius 1 is 1.30 bits per heavy atom. The molecule has 0 aliphatic rings. The van der Waals surface area contributed by atoms with Crippen LogP contribution in [-0.2, 0) is 12.1 Å². The van der Waals surface area contributed by atoms with Gasteiger partial charge in [0.15, 0.2) is 0 Å². The van der Waals surface area contributed by atoms with E-state index in [4.69, 9.17) is 0 Å². The van der Waals surface area contributed by atoms with E-state index < -0.39 is 11.1 Å². The number of aromatic nitrogens is 3. The first-order valence-corrected chi connectivity index (χ1v) is 6.34. The molecular weight excluding hydrogens is 256 g/mol. The Kier molecular flexibility index (Phi) is 3.74. The second-order valence-electron chi connectivity index (χ2n) is 5.50. The number of hydrogen-bond acceptors (Lipinski definition) is 5. The van der Waals surface area contributed by atoms with Gasteiger partial charge in [0.05, 0.1) is 11.7 Å². The van der Waals surface area contributed by atoms with Crippen LogP contribution in [0, 0.1) is 0 Å². The van der Waals surface area contributed by atoms with E-state index in [2.05, 4.69) is 15.4 Å². The van der Waals surface area contributed by atoms with Gasteiger partial charge in [0.25, 0.3) is 0 Å². The molecule has 0 aromatic carbocycles. The molecule has 0 aliphatic heterocycles. The Bertz CT molecular complexity index is 644. The molecule has 0 atom stereocenters. The highest BCUT2D eigenvalue weighted by molar-refractivity contribution is 5.52. The number of nitrogens with one attached hydrogen (secondary N) is 1. The molecule has 2 aromatic heterocycles. The number of rotatable bonds is 3. The first-order valence-electron chi connectivity index (χ1n) is 6.34. The van der Waals surface area contributed by atoms with Crippen molar-refractivity contribution in [2.24, 2.45) is 0 Å². The highest BCUT2D eigenvalue weighted by atomic mass is 16.3. The van der Waals surface area contributed by atoms with Gasteiger partial charge < -0.3 is 10.4 Å². The van der Waals surface area contributed by atoms with Crippen LogP contribution in [0.4, 0.5) is 5.69 Å². The van der Waals surface area contributed by atoms with Gasteiger partial charge in [-0.25, -0.2) is 4.68 Å². The number of anilines is 1. The second kappa shape index (κ2) is 5.32. The van der Waals surface area contributed by atoms with Crippen LogP contribution in [0.15, 0.2) is 35.5 Å². The van der Waals surface area contributed by atoms with Crippen molar-refractivity contribution < 1.29 is 5.11 Å². The van der Waals surface area contributed by atoms with Crippen molar-refractivity contribution in [2.75, 3.05) is 5.32 Å². The topological polar surface area (TPSA) is 80.0 Å². The van der Waals surface area contributed by atoms with E-state index in [0.29, 0.717) is 12.2 Å². The van der Waals surface area contributed by atoms with Crippen molar-refractivity contribution in [3.05, 3.63) is 46.6 Å². The lowest BCUT2D eigenvalue weighted by Crippen LogP contribution is -2.35. The molecule has 6 heteroatoms. The van der Waals surface area contributed by atoms with E-state index in [0.717, 1.165) is 5.56 Å². The summed E-state index contributed by atoms with van der Waals surface area (Å²) in [6.45, 7) is 6.04. The van der Waals surface area contributed by atoms with Crippen LogP contribution in [-0.4, -0.2) is 19.9 Å². The molecule has 0 aliphatic carbocycles. The van der Waals surface area contributed by atoms with Crippen LogP contribution in [0.5, 0.6) is 5.75 Å². The molecular formula is C14H18N4O2. The predicted octanol–water partition coefficient (Wildman–Crippen LogP) is 1.71. The quantitative estimate of drug-likeness (QED) is 0.890. The maximum Gasteiger partial charge on any atom is 0.311 e. The molecule has 0 fully saturated rings. The maximum absolute atomic E-state index is 12.0. The summed E-state index contributed by atoms with van der Waals surface area (Å²) in [5.41, 5.74) is 0.349. The third kappa shape index (κ3) is 2.96. The lowest BCUT2D eigenvalue weighted by atomic mass is 10.1. The van der Waals surface area contributed by atoms with Gasteiger partial charge in [0.1, 0.15) is 5.69 Å². The minimum absolute atomic E-state index is 0.316. The minimum Gasteiger partial charge on any atom is -0.502 e. The van der Waals surface area contributed by atoms with Crippen molar-refractivity contribution in [2.45, 2.75) is 32.9 Å². The average Bonchev–Trinajstić information content (AvgIpc) is 2.40. The summed E-state index contributed by atoms with van der Waals surface area (Å²) in [5, 5.41) is 17.1. The van der Waals surface area contributed by atoms with Gasteiger partial charge in [0.2, 0.25) is 5.75 Å². The third-order valence-corrected chi connectivity index (χ3v) is 2.82. The van der Waals surface area contributed by atoms with Gasteiger partial charge in [-0.15, -0.1) is 0 Å². The van der Waals surface area contributed by atoms with E-state index in [1.807, 2.05) is 32.9 Å². The zero-order valence-electron chi connectivity index (χ0n) is 11.8. The van der Waals surface area contributed by atoms with Gasteiger partial charge in [-0.05, 0) is 38.5 Å². The number of nitrogens with zero attached hydrogens (tertiary/aromatic N) is 3. The van der Waals surface area contributed by atoms with Crippen molar-refractivity contribution >= 4 is 5.69 Å². The normalized spacial score (nSPS) is 11.3. The molecule has 2 rings (SSSR count). The van der Waals surface area contributed by atoms with Crippen molar-refractivity contribution in [3.63, 3.8) is 0 Å². The standard InChI is InChI=1S/C14H18N4O2/c1-14(2,3)18-13(20)12(19)11(9-17-18)16-8-10-4-6-15-7-5-10/h4-7,9,16,19H,8H2,1-3H3. The smallest absolute Gasteiger partial charge is 0.311 e. The summed E-state index contributed by atoms with van der Waals surface area (Å²) in [7, 11) is 0. The molecule has 0 bridgehead atoms. The Labute approximate surface area is 117 Å². The van der Waals surface area contributed by atoms with E-state index in [9.17, 15) is 9.90 Å². The van der Waals surface area contributed by atoms with Gasteiger partial charge in [-0.1, -0.05) is 0 Å². The van der Waals surface area contributed by atoms with Crippen molar-refractivity contribution in [1.29, 1.82) is 0 Å². The van der Waals surface area contributed by atoms with Crippen molar-refractivity contribution in [3.8, 4) is 5.75 Å². The van der Waals surface area contributed by atoms with E-state index in [1.165, 1.54) is 10.9 Å². The summed E-state index contributed by atoms with van der Waals surface area (Å²) in [5.74, 6) is -0.316. The summed E-state index contributed by atoms with van der Waals surface area (Å²) >= 11 is 0. The molecule has 0 amide bonds.